The van der Waals surface area contributed by atoms with Gasteiger partial charge in [-0.25, -0.2) is 0 Å². The Morgan fingerprint density at radius 3 is 2.84 bits per heavy atom. The average molecular weight is 255 g/mol. The summed E-state index contributed by atoms with van der Waals surface area (Å²) in [5.74, 6) is 2.49. The van der Waals surface area contributed by atoms with Gasteiger partial charge in [-0.1, -0.05) is 38.1 Å². The highest BCUT2D eigenvalue weighted by molar-refractivity contribution is 5.90. The van der Waals surface area contributed by atoms with Crippen LogP contribution in [-0.4, -0.2) is 16.2 Å². The summed E-state index contributed by atoms with van der Waals surface area (Å²) in [6.07, 6.45) is 5.66. The monoisotopic (exact) mass is 255 g/mol. The molecule has 1 fully saturated rings. The van der Waals surface area contributed by atoms with Gasteiger partial charge in [0.15, 0.2) is 5.82 Å². The minimum Gasteiger partial charge on any atom is -0.365 e. The summed E-state index contributed by atoms with van der Waals surface area (Å²) in [5.41, 5.74) is 0. The summed E-state index contributed by atoms with van der Waals surface area (Å²) in [6, 6.07) is 8.82. The molecule has 3 heteroatoms. The molecule has 19 heavy (non-hydrogen) atoms. The van der Waals surface area contributed by atoms with E-state index in [0.717, 1.165) is 17.1 Å². The van der Waals surface area contributed by atoms with Crippen LogP contribution in [0.3, 0.4) is 0 Å². The minimum absolute atomic E-state index is 0.524. The Labute approximate surface area is 114 Å². The standard InChI is InChI=1S/C16H21N3/c1-11-7-8-15(12(2)9-11)18-16-14-6-4-3-5-13(14)10-17-19-16/h3-6,10-12,15H,7-9H2,1-2H3,(H,18,19). The summed E-state index contributed by atoms with van der Waals surface area (Å²) < 4.78 is 0. The van der Waals surface area contributed by atoms with Crippen molar-refractivity contribution in [1.29, 1.82) is 0 Å². The number of nitrogens with zero attached hydrogens (tertiary/aromatic N) is 2. The second-order valence-electron chi connectivity index (χ2n) is 5.93. The highest BCUT2D eigenvalue weighted by Crippen LogP contribution is 2.31. The van der Waals surface area contributed by atoms with E-state index in [-0.39, 0.29) is 0 Å². The SMILES string of the molecule is CC1CCC(Nc2nncc3ccccc23)C(C)C1. The molecule has 1 aliphatic rings. The predicted octanol–water partition coefficient (Wildman–Crippen LogP) is 3.87. The third-order valence-electron chi connectivity index (χ3n) is 4.32. The molecule has 1 heterocycles. The van der Waals surface area contributed by atoms with Crippen molar-refractivity contribution in [2.24, 2.45) is 11.8 Å². The summed E-state index contributed by atoms with van der Waals surface area (Å²) >= 11 is 0. The Morgan fingerprint density at radius 2 is 2.00 bits per heavy atom. The highest BCUT2D eigenvalue weighted by atomic mass is 15.2. The van der Waals surface area contributed by atoms with Crippen LogP contribution in [0.2, 0.25) is 0 Å². The lowest BCUT2D eigenvalue weighted by molar-refractivity contribution is 0.276. The van der Waals surface area contributed by atoms with E-state index < -0.39 is 0 Å². The third-order valence-corrected chi connectivity index (χ3v) is 4.32. The Bertz CT molecular complexity index is 561. The first-order valence-electron chi connectivity index (χ1n) is 7.21. The fourth-order valence-corrected chi connectivity index (χ4v) is 3.19. The van der Waals surface area contributed by atoms with Gasteiger partial charge < -0.3 is 5.32 Å². The van der Waals surface area contributed by atoms with Crippen LogP contribution >= 0.6 is 0 Å². The topological polar surface area (TPSA) is 37.8 Å². The molecule has 1 aliphatic carbocycles. The Hall–Kier alpha value is -1.64. The molecule has 1 N–H and O–H groups in total. The van der Waals surface area contributed by atoms with E-state index in [1.807, 2.05) is 12.3 Å². The fourth-order valence-electron chi connectivity index (χ4n) is 3.19. The number of fused-ring (bicyclic) bond motifs is 1. The lowest BCUT2D eigenvalue weighted by atomic mass is 9.80. The summed E-state index contributed by atoms with van der Waals surface area (Å²) in [7, 11) is 0. The van der Waals surface area contributed by atoms with Crippen LogP contribution in [0.15, 0.2) is 30.5 Å². The van der Waals surface area contributed by atoms with Crippen LogP contribution in [-0.2, 0) is 0 Å². The lowest BCUT2D eigenvalue weighted by Gasteiger charge is -2.33. The third kappa shape index (κ3) is 2.55. The normalized spacial score (nSPS) is 27.4. The van der Waals surface area contributed by atoms with Gasteiger partial charge in [-0.3, -0.25) is 0 Å². The zero-order valence-electron chi connectivity index (χ0n) is 11.6. The van der Waals surface area contributed by atoms with E-state index >= 15 is 0 Å². The number of rotatable bonds is 2. The largest absolute Gasteiger partial charge is 0.365 e. The number of nitrogens with one attached hydrogen (secondary N) is 1. The Balaban J connectivity index is 1.85. The van der Waals surface area contributed by atoms with Crippen molar-refractivity contribution >= 4 is 16.6 Å². The minimum atomic E-state index is 0.524. The van der Waals surface area contributed by atoms with Gasteiger partial charge in [-0.05, 0) is 31.1 Å². The maximum absolute atomic E-state index is 4.29. The molecule has 2 aromatic rings. The van der Waals surface area contributed by atoms with Gasteiger partial charge >= 0.3 is 0 Å². The number of anilines is 1. The van der Waals surface area contributed by atoms with Crippen LogP contribution in [0.5, 0.6) is 0 Å². The molecule has 0 amide bonds. The maximum atomic E-state index is 4.29. The molecule has 3 unspecified atom stereocenters. The van der Waals surface area contributed by atoms with Crippen molar-refractivity contribution in [3.8, 4) is 0 Å². The number of hydrogen-bond donors (Lipinski definition) is 1. The second-order valence-corrected chi connectivity index (χ2v) is 5.93. The van der Waals surface area contributed by atoms with Crippen molar-refractivity contribution in [2.75, 3.05) is 5.32 Å². The van der Waals surface area contributed by atoms with Gasteiger partial charge in [-0.2, -0.15) is 5.10 Å². The molecular formula is C16H21N3. The molecule has 3 rings (SSSR count). The summed E-state index contributed by atoms with van der Waals surface area (Å²) in [4.78, 5) is 0. The molecule has 3 atom stereocenters. The van der Waals surface area contributed by atoms with Gasteiger partial charge in [-0.15, -0.1) is 5.10 Å². The van der Waals surface area contributed by atoms with E-state index in [9.17, 15) is 0 Å². The smallest absolute Gasteiger partial charge is 0.156 e. The van der Waals surface area contributed by atoms with E-state index in [2.05, 4.69) is 47.6 Å². The van der Waals surface area contributed by atoms with Gasteiger partial charge in [0.2, 0.25) is 0 Å². The molecule has 100 valence electrons. The van der Waals surface area contributed by atoms with Crippen LogP contribution < -0.4 is 5.32 Å². The number of benzene rings is 1. The summed E-state index contributed by atoms with van der Waals surface area (Å²) in [6.45, 7) is 4.69. The highest BCUT2D eigenvalue weighted by Gasteiger charge is 2.25. The first kappa shape index (κ1) is 12.4. The quantitative estimate of drug-likeness (QED) is 0.885. The van der Waals surface area contributed by atoms with Crippen LogP contribution in [0, 0.1) is 11.8 Å². The van der Waals surface area contributed by atoms with Crippen molar-refractivity contribution in [3.05, 3.63) is 30.5 Å². The van der Waals surface area contributed by atoms with E-state index in [1.165, 1.54) is 24.6 Å². The molecule has 1 aromatic carbocycles. The lowest BCUT2D eigenvalue weighted by Crippen LogP contribution is -2.33. The van der Waals surface area contributed by atoms with E-state index in [4.69, 9.17) is 0 Å². The van der Waals surface area contributed by atoms with Gasteiger partial charge in [0.25, 0.3) is 0 Å². The molecule has 1 saturated carbocycles. The van der Waals surface area contributed by atoms with Gasteiger partial charge in [0.1, 0.15) is 0 Å². The second kappa shape index (κ2) is 5.16. The molecule has 0 radical (unpaired) electrons. The van der Waals surface area contributed by atoms with Crippen LogP contribution in [0.4, 0.5) is 5.82 Å². The van der Waals surface area contributed by atoms with Crippen molar-refractivity contribution in [2.45, 2.75) is 39.2 Å². The Morgan fingerprint density at radius 1 is 1.16 bits per heavy atom. The van der Waals surface area contributed by atoms with Gasteiger partial charge in [0.05, 0.1) is 6.20 Å². The van der Waals surface area contributed by atoms with Crippen molar-refractivity contribution < 1.29 is 0 Å². The average Bonchev–Trinajstić information content (AvgIpc) is 2.42. The fraction of sp³-hybridized carbons (Fsp3) is 0.500. The molecule has 1 aromatic heterocycles. The van der Waals surface area contributed by atoms with E-state index in [1.54, 1.807) is 0 Å². The predicted molar refractivity (Wildman–Crippen MR) is 79.1 cm³/mol. The molecule has 0 saturated heterocycles. The number of aromatic nitrogens is 2. The maximum Gasteiger partial charge on any atom is 0.156 e. The van der Waals surface area contributed by atoms with Crippen molar-refractivity contribution in [3.63, 3.8) is 0 Å². The molecule has 0 bridgehead atoms. The summed E-state index contributed by atoms with van der Waals surface area (Å²) in [5, 5.41) is 14.3. The Kier molecular flexibility index (Phi) is 3.36. The van der Waals surface area contributed by atoms with Crippen molar-refractivity contribution in [1.82, 2.24) is 10.2 Å². The van der Waals surface area contributed by atoms with Crippen LogP contribution in [0.1, 0.15) is 33.1 Å². The zero-order chi connectivity index (χ0) is 13.2. The zero-order valence-corrected chi connectivity index (χ0v) is 11.6. The van der Waals surface area contributed by atoms with Gasteiger partial charge in [0, 0.05) is 16.8 Å². The molecular weight excluding hydrogens is 234 g/mol. The number of hydrogen-bond acceptors (Lipinski definition) is 3. The first-order valence-corrected chi connectivity index (χ1v) is 7.21. The van der Waals surface area contributed by atoms with Crippen LogP contribution in [0.25, 0.3) is 10.8 Å². The first-order chi connectivity index (χ1) is 9.24. The van der Waals surface area contributed by atoms with E-state index in [0.29, 0.717) is 12.0 Å². The molecule has 3 nitrogen and oxygen atoms in total. The molecule has 0 aliphatic heterocycles. The molecule has 0 spiro atoms.